The fourth-order valence-corrected chi connectivity index (χ4v) is 3.59. The second-order valence-corrected chi connectivity index (χ2v) is 7.03. The molecule has 0 atom stereocenters. The molecule has 0 aliphatic rings. The Labute approximate surface area is 175 Å². The number of aromatic nitrogens is 7. The summed E-state index contributed by atoms with van der Waals surface area (Å²) in [5.41, 5.74) is 6.57. The number of benzene rings is 1. The van der Waals surface area contributed by atoms with Crippen LogP contribution in [-0.4, -0.2) is 35.1 Å². The first-order valence-electron chi connectivity index (χ1n) is 9.64. The SMILES string of the molecule is Fc1ccc(-c2nccc3[nH]c(-c4n[nH]c5ccc(-c6ccccn6)nc45)nc23)cc1. The molecular weight excluding hydrogens is 393 g/mol. The number of rotatable bonds is 3. The van der Waals surface area contributed by atoms with Crippen LogP contribution >= 0.6 is 0 Å². The van der Waals surface area contributed by atoms with E-state index < -0.39 is 0 Å². The molecule has 0 saturated carbocycles. The Morgan fingerprint density at radius 3 is 2.39 bits per heavy atom. The maximum atomic E-state index is 13.3. The first kappa shape index (κ1) is 17.4. The van der Waals surface area contributed by atoms with Gasteiger partial charge in [-0.15, -0.1) is 0 Å². The highest BCUT2D eigenvalue weighted by atomic mass is 19.1. The van der Waals surface area contributed by atoms with Crippen molar-refractivity contribution in [3.05, 3.63) is 78.9 Å². The van der Waals surface area contributed by atoms with Gasteiger partial charge in [-0.05, 0) is 54.6 Å². The highest BCUT2D eigenvalue weighted by Crippen LogP contribution is 2.30. The van der Waals surface area contributed by atoms with Crippen molar-refractivity contribution in [1.29, 1.82) is 0 Å². The van der Waals surface area contributed by atoms with Gasteiger partial charge in [0, 0.05) is 18.0 Å². The minimum Gasteiger partial charge on any atom is -0.336 e. The average Bonchev–Trinajstić information content (AvgIpc) is 3.43. The van der Waals surface area contributed by atoms with E-state index in [1.54, 1.807) is 24.5 Å². The van der Waals surface area contributed by atoms with Crippen LogP contribution in [0.1, 0.15) is 0 Å². The standard InChI is InChI=1S/C23H14FN7/c24-14-6-4-13(5-7-14)19-20-17(10-12-26-19)28-23(29-20)22-21-18(30-31-22)9-8-16(27-21)15-3-1-2-11-25-15/h1-12H,(H,28,29)(H,30,31). The minimum absolute atomic E-state index is 0.295. The fraction of sp³-hybridized carbons (Fsp3) is 0. The van der Waals surface area contributed by atoms with Crippen molar-refractivity contribution >= 4 is 22.1 Å². The van der Waals surface area contributed by atoms with Crippen LogP contribution in [0.4, 0.5) is 4.39 Å². The number of halogens is 1. The maximum absolute atomic E-state index is 13.3. The lowest BCUT2D eigenvalue weighted by molar-refractivity contribution is 0.628. The summed E-state index contributed by atoms with van der Waals surface area (Å²) in [5.74, 6) is 0.278. The van der Waals surface area contributed by atoms with E-state index in [1.165, 1.54) is 12.1 Å². The Morgan fingerprint density at radius 2 is 1.55 bits per heavy atom. The summed E-state index contributed by atoms with van der Waals surface area (Å²) in [6, 6.07) is 17.6. The molecule has 8 heteroatoms. The molecule has 31 heavy (non-hydrogen) atoms. The maximum Gasteiger partial charge on any atom is 0.161 e. The lowest BCUT2D eigenvalue weighted by atomic mass is 10.1. The van der Waals surface area contributed by atoms with Gasteiger partial charge in [-0.2, -0.15) is 5.10 Å². The summed E-state index contributed by atoms with van der Waals surface area (Å²) in [6.45, 7) is 0. The van der Waals surface area contributed by atoms with Crippen LogP contribution in [-0.2, 0) is 0 Å². The molecule has 0 amide bonds. The van der Waals surface area contributed by atoms with Gasteiger partial charge in [0.2, 0.25) is 0 Å². The molecule has 0 aliphatic heterocycles. The average molecular weight is 407 g/mol. The van der Waals surface area contributed by atoms with Crippen LogP contribution in [0, 0.1) is 5.82 Å². The third kappa shape index (κ3) is 2.93. The zero-order valence-electron chi connectivity index (χ0n) is 16.0. The Bertz CT molecular complexity index is 1540. The van der Waals surface area contributed by atoms with Crippen LogP contribution in [0.25, 0.3) is 56.2 Å². The van der Waals surface area contributed by atoms with Gasteiger partial charge in [0.15, 0.2) is 11.5 Å². The summed E-state index contributed by atoms with van der Waals surface area (Å²) in [4.78, 5) is 21.7. The van der Waals surface area contributed by atoms with Crippen LogP contribution < -0.4 is 0 Å². The number of nitrogens with zero attached hydrogens (tertiary/aromatic N) is 5. The Morgan fingerprint density at radius 1 is 0.677 bits per heavy atom. The van der Waals surface area contributed by atoms with Crippen molar-refractivity contribution < 1.29 is 4.39 Å². The van der Waals surface area contributed by atoms with Gasteiger partial charge in [-0.3, -0.25) is 15.1 Å². The summed E-state index contributed by atoms with van der Waals surface area (Å²) in [6.07, 6.45) is 3.43. The molecule has 6 aromatic rings. The third-order valence-corrected chi connectivity index (χ3v) is 5.08. The minimum atomic E-state index is -0.295. The van der Waals surface area contributed by atoms with E-state index in [4.69, 9.17) is 9.97 Å². The first-order valence-corrected chi connectivity index (χ1v) is 9.64. The summed E-state index contributed by atoms with van der Waals surface area (Å²) in [7, 11) is 0. The number of nitrogens with one attached hydrogen (secondary N) is 2. The predicted molar refractivity (Wildman–Crippen MR) is 115 cm³/mol. The van der Waals surface area contributed by atoms with Gasteiger partial charge >= 0.3 is 0 Å². The van der Waals surface area contributed by atoms with E-state index in [0.29, 0.717) is 28.2 Å². The molecule has 1 aromatic carbocycles. The topological polar surface area (TPSA) is 96.0 Å². The van der Waals surface area contributed by atoms with Crippen LogP contribution in [0.5, 0.6) is 0 Å². The molecule has 0 spiro atoms. The monoisotopic (exact) mass is 407 g/mol. The lowest BCUT2D eigenvalue weighted by Crippen LogP contribution is -1.88. The molecule has 2 N–H and O–H groups in total. The van der Waals surface area contributed by atoms with Gasteiger partial charge in [-0.1, -0.05) is 6.07 Å². The van der Waals surface area contributed by atoms with E-state index in [2.05, 4.69) is 25.1 Å². The van der Waals surface area contributed by atoms with Crippen LogP contribution in [0.3, 0.4) is 0 Å². The molecule has 0 saturated heterocycles. The molecule has 0 radical (unpaired) electrons. The number of pyridine rings is 3. The molecule has 6 rings (SSSR count). The number of hydrogen-bond acceptors (Lipinski definition) is 5. The zero-order valence-corrected chi connectivity index (χ0v) is 16.0. The molecule has 0 fully saturated rings. The Kier molecular flexibility index (Phi) is 3.82. The van der Waals surface area contributed by atoms with E-state index in [1.807, 2.05) is 36.4 Å². The number of fused-ring (bicyclic) bond motifs is 2. The van der Waals surface area contributed by atoms with Gasteiger partial charge in [0.25, 0.3) is 0 Å². The van der Waals surface area contributed by atoms with E-state index in [9.17, 15) is 4.39 Å². The quantitative estimate of drug-likeness (QED) is 0.441. The third-order valence-electron chi connectivity index (χ3n) is 5.08. The second kappa shape index (κ2) is 6.81. The van der Waals surface area contributed by atoms with Crippen LogP contribution in [0.15, 0.2) is 73.1 Å². The normalized spacial score (nSPS) is 11.4. The molecule has 5 heterocycles. The summed E-state index contributed by atoms with van der Waals surface area (Å²) in [5, 5.41) is 7.45. The Balaban J connectivity index is 1.51. The summed E-state index contributed by atoms with van der Waals surface area (Å²) >= 11 is 0. The van der Waals surface area contributed by atoms with Crippen molar-refractivity contribution in [1.82, 2.24) is 35.1 Å². The van der Waals surface area contributed by atoms with Crippen molar-refractivity contribution in [2.75, 3.05) is 0 Å². The van der Waals surface area contributed by atoms with Crippen molar-refractivity contribution in [3.63, 3.8) is 0 Å². The molecule has 0 bridgehead atoms. The number of hydrogen-bond donors (Lipinski definition) is 2. The van der Waals surface area contributed by atoms with Crippen LogP contribution in [0.2, 0.25) is 0 Å². The first-order chi connectivity index (χ1) is 15.3. The lowest BCUT2D eigenvalue weighted by Gasteiger charge is -2.01. The second-order valence-electron chi connectivity index (χ2n) is 7.03. The summed E-state index contributed by atoms with van der Waals surface area (Å²) < 4.78 is 13.3. The molecule has 0 unspecified atom stereocenters. The smallest absolute Gasteiger partial charge is 0.161 e. The zero-order chi connectivity index (χ0) is 20.8. The molecule has 7 nitrogen and oxygen atoms in total. The predicted octanol–water partition coefficient (Wildman–Crippen LogP) is 4.76. The largest absolute Gasteiger partial charge is 0.336 e. The molecule has 0 aliphatic carbocycles. The molecule has 148 valence electrons. The van der Waals surface area contributed by atoms with Gasteiger partial charge in [0.1, 0.15) is 16.9 Å². The van der Waals surface area contributed by atoms with Gasteiger partial charge in [0.05, 0.1) is 28.1 Å². The number of imidazole rings is 1. The Hall–Kier alpha value is -4.46. The molecular formula is C23H14FN7. The van der Waals surface area contributed by atoms with Crippen molar-refractivity contribution in [2.45, 2.75) is 0 Å². The van der Waals surface area contributed by atoms with E-state index in [0.717, 1.165) is 28.0 Å². The van der Waals surface area contributed by atoms with Crippen molar-refractivity contribution in [2.24, 2.45) is 0 Å². The number of H-pyrrole nitrogens is 2. The highest BCUT2D eigenvalue weighted by Gasteiger charge is 2.17. The number of aromatic amines is 2. The highest BCUT2D eigenvalue weighted by molar-refractivity contribution is 5.94. The fourth-order valence-electron chi connectivity index (χ4n) is 3.59. The van der Waals surface area contributed by atoms with E-state index in [-0.39, 0.29) is 5.82 Å². The van der Waals surface area contributed by atoms with Gasteiger partial charge in [-0.25, -0.2) is 14.4 Å². The molecule has 5 aromatic heterocycles. The van der Waals surface area contributed by atoms with Crippen molar-refractivity contribution in [3.8, 4) is 34.2 Å². The van der Waals surface area contributed by atoms with E-state index >= 15 is 0 Å². The van der Waals surface area contributed by atoms with Gasteiger partial charge < -0.3 is 4.98 Å².